The Morgan fingerprint density at radius 2 is 1.81 bits per heavy atom. The number of hydrogen-bond donors (Lipinski definition) is 2. The van der Waals surface area contributed by atoms with E-state index < -0.39 is 0 Å². The molecule has 1 aromatic rings. The molecule has 0 radical (unpaired) electrons. The van der Waals surface area contributed by atoms with Crippen LogP contribution in [0.25, 0.3) is 0 Å². The van der Waals surface area contributed by atoms with Crippen molar-refractivity contribution in [2.45, 2.75) is 40.0 Å². The van der Waals surface area contributed by atoms with Gasteiger partial charge in [-0.3, -0.25) is 4.79 Å². The largest absolute Gasteiger partial charge is 0.494 e. The lowest BCUT2D eigenvalue weighted by atomic mass is 9.83. The number of aliphatic hydroxyl groups is 1. The first-order valence-corrected chi connectivity index (χ1v) is 7.72. The van der Waals surface area contributed by atoms with Crippen LogP contribution in [0, 0.1) is 5.41 Å². The SMILES string of the molecule is CCCOc1ccc(C(=O)NCC(CC)(CC)CO)cc1. The molecular weight excluding hydrogens is 266 g/mol. The average Bonchev–Trinajstić information content (AvgIpc) is 2.55. The van der Waals surface area contributed by atoms with E-state index in [1.807, 2.05) is 26.0 Å². The molecule has 0 saturated heterocycles. The van der Waals surface area contributed by atoms with Gasteiger partial charge in [-0.2, -0.15) is 0 Å². The number of ether oxygens (including phenoxy) is 1. The third-order valence-electron chi connectivity index (χ3n) is 4.05. The van der Waals surface area contributed by atoms with Gasteiger partial charge in [-0.1, -0.05) is 20.8 Å². The van der Waals surface area contributed by atoms with Crippen molar-refractivity contribution in [1.82, 2.24) is 5.32 Å². The minimum absolute atomic E-state index is 0.0874. The van der Waals surface area contributed by atoms with Crippen LogP contribution >= 0.6 is 0 Å². The molecular formula is C17H27NO3. The number of rotatable bonds is 9. The van der Waals surface area contributed by atoms with Gasteiger partial charge in [0.05, 0.1) is 13.2 Å². The number of aliphatic hydroxyl groups excluding tert-OH is 1. The Balaban J connectivity index is 2.59. The van der Waals surface area contributed by atoms with Crippen molar-refractivity contribution in [3.05, 3.63) is 29.8 Å². The fraction of sp³-hybridized carbons (Fsp3) is 0.588. The van der Waals surface area contributed by atoms with Crippen molar-refractivity contribution in [3.63, 3.8) is 0 Å². The van der Waals surface area contributed by atoms with E-state index in [0.29, 0.717) is 18.7 Å². The number of carbonyl (C=O) groups is 1. The normalized spacial score (nSPS) is 11.2. The number of hydrogen-bond acceptors (Lipinski definition) is 3. The zero-order chi connectivity index (χ0) is 15.7. The minimum atomic E-state index is -0.222. The van der Waals surface area contributed by atoms with Crippen molar-refractivity contribution >= 4 is 5.91 Å². The second kappa shape index (κ2) is 8.67. The molecule has 1 rings (SSSR count). The predicted octanol–water partition coefficient (Wildman–Crippen LogP) is 3.00. The molecule has 0 aliphatic rings. The van der Waals surface area contributed by atoms with Crippen molar-refractivity contribution < 1.29 is 14.6 Å². The first-order chi connectivity index (χ1) is 10.1. The molecule has 0 atom stereocenters. The molecule has 0 saturated carbocycles. The summed E-state index contributed by atoms with van der Waals surface area (Å²) in [5.41, 5.74) is 0.387. The highest BCUT2D eigenvalue weighted by Gasteiger charge is 2.25. The number of benzene rings is 1. The van der Waals surface area contributed by atoms with E-state index in [0.717, 1.165) is 25.0 Å². The Morgan fingerprint density at radius 3 is 2.29 bits per heavy atom. The molecule has 0 heterocycles. The lowest BCUT2D eigenvalue weighted by molar-refractivity contribution is 0.0851. The van der Waals surface area contributed by atoms with E-state index in [-0.39, 0.29) is 17.9 Å². The number of carbonyl (C=O) groups excluding carboxylic acids is 1. The molecule has 4 heteroatoms. The Hall–Kier alpha value is -1.55. The minimum Gasteiger partial charge on any atom is -0.494 e. The number of nitrogens with one attached hydrogen (secondary N) is 1. The van der Waals surface area contributed by atoms with Gasteiger partial charge >= 0.3 is 0 Å². The summed E-state index contributed by atoms with van der Waals surface area (Å²) in [7, 11) is 0. The van der Waals surface area contributed by atoms with Crippen molar-refractivity contribution in [1.29, 1.82) is 0 Å². The summed E-state index contributed by atoms with van der Waals surface area (Å²) in [6.07, 6.45) is 2.63. The van der Waals surface area contributed by atoms with Gasteiger partial charge in [0, 0.05) is 17.5 Å². The highest BCUT2D eigenvalue weighted by atomic mass is 16.5. The van der Waals surface area contributed by atoms with Crippen LogP contribution in [0.3, 0.4) is 0 Å². The summed E-state index contributed by atoms with van der Waals surface area (Å²) in [5.74, 6) is 0.664. The van der Waals surface area contributed by atoms with Gasteiger partial charge in [0.2, 0.25) is 0 Å². The molecule has 0 unspecified atom stereocenters. The number of amides is 1. The molecule has 1 amide bonds. The van der Waals surface area contributed by atoms with E-state index in [1.165, 1.54) is 0 Å². The monoisotopic (exact) mass is 293 g/mol. The van der Waals surface area contributed by atoms with Crippen LogP contribution in [-0.4, -0.2) is 30.8 Å². The molecule has 0 fully saturated rings. The summed E-state index contributed by atoms with van der Waals surface area (Å²) in [6, 6.07) is 7.14. The van der Waals surface area contributed by atoms with Crippen molar-refractivity contribution in [2.75, 3.05) is 19.8 Å². The lowest BCUT2D eigenvalue weighted by Crippen LogP contribution is -2.39. The second-order valence-electron chi connectivity index (χ2n) is 5.42. The third kappa shape index (κ3) is 5.05. The van der Waals surface area contributed by atoms with Crippen LogP contribution in [0.2, 0.25) is 0 Å². The summed E-state index contributed by atoms with van der Waals surface area (Å²) in [5, 5.41) is 12.4. The summed E-state index contributed by atoms with van der Waals surface area (Å²) >= 11 is 0. The smallest absolute Gasteiger partial charge is 0.251 e. The van der Waals surface area contributed by atoms with Crippen LogP contribution < -0.4 is 10.1 Å². The van der Waals surface area contributed by atoms with Crippen molar-refractivity contribution in [3.8, 4) is 5.75 Å². The average molecular weight is 293 g/mol. The van der Waals surface area contributed by atoms with Crippen LogP contribution in [-0.2, 0) is 0 Å². The Morgan fingerprint density at radius 1 is 1.19 bits per heavy atom. The summed E-state index contributed by atoms with van der Waals surface area (Å²) in [6.45, 7) is 7.37. The van der Waals surface area contributed by atoms with E-state index in [2.05, 4.69) is 12.2 Å². The summed E-state index contributed by atoms with van der Waals surface area (Å²) < 4.78 is 5.49. The molecule has 21 heavy (non-hydrogen) atoms. The highest BCUT2D eigenvalue weighted by Crippen LogP contribution is 2.24. The van der Waals surface area contributed by atoms with Gasteiger partial charge in [0.1, 0.15) is 5.75 Å². The molecule has 0 aromatic heterocycles. The highest BCUT2D eigenvalue weighted by molar-refractivity contribution is 5.94. The standard InChI is InChI=1S/C17H27NO3/c1-4-11-21-15-9-7-14(8-10-15)16(20)18-12-17(5-2,6-3)13-19/h7-10,19H,4-6,11-13H2,1-3H3,(H,18,20). The lowest BCUT2D eigenvalue weighted by Gasteiger charge is -2.29. The molecule has 0 aliphatic heterocycles. The van der Waals surface area contributed by atoms with Crippen LogP contribution in [0.15, 0.2) is 24.3 Å². The van der Waals surface area contributed by atoms with Crippen LogP contribution in [0.5, 0.6) is 5.75 Å². The van der Waals surface area contributed by atoms with Gasteiger partial charge < -0.3 is 15.2 Å². The van der Waals surface area contributed by atoms with Gasteiger partial charge in [-0.05, 0) is 43.5 Å². The fourth-order valence-electron chi connectivity index (χ4n) is 2.07. The molecule has 4 nitrogen and oxygen atoms in total. The van der Waals surface area contributed by atoms with Crippen LogP contribution in [0.4, 0.5) is 0 Å². The van der Waals surface area contributed by atoms with E-state index in [1.54, 1.807) is 12.1 Å². The van der Waals surface area contributed by atoms with Gasteiger partial charge in [-0.25, -0.2) is 0 Å². The molecule has 0 bridgehead atoms. The fourth-order valence-corrected chi connectivity index (χ4v) is 2.07. The van der Waals surface area contributed by atoms with E-state index in [4.69, 9.17) is 4.74 Å². The van der Waals surface area contributed by atoms with Gasteiger partial charge in [-0.15, -0.1) is 0 Å². The first kappa shape index (κ1) is 17.5. The molecule has 118 valence electrons. The van der Waals surface area contributed by atoms with E-state index >= 15 is 0 Å². The quantitative estimate of drug-likeness (QED) is 0.736. The zero-order valence-electron chi connectivity index (χ0n) is 13.3. The molecule has 2 N–H and O–H groups in total. The first-order valence-electron chi connectivity index (χ1n) is 7.72. The topological polar surface area (TPSA) is 58.6 Å². The van der Waals surface area contributed by atoms with E-state index in [9.17, 15) is 9.90 Å². The second-order valence-corrected chi connectivity index (χ2v) is 5.42. The maximum Gasteiger partial charge on any atom is 0.251 e. The third-order valence-corrected chi connectivity index (χ3v) is 4.05. The molecule has 1 aromatic carbocycles. The van der Waals surface area contributed by atoms with Gasteiger partial charge in [0.25, 0.3) is 5.91 Å². The molecule has 0 spiro atoms. The molecule has 0 aliphatic carbocycles. The maximum absolute atomic E-state index is 12.1. The summed E-state index contributed by atoms with van der Waals surface area (Å²) in [4.78, 5) is 12.1. The Bertz CT molecular complexity index is 416. The van der Waals surface area contributed by atoms with Crippen molar-refractivity contribution in [2.24, 2.45) is 5.41 Å². The van der Waals surface area contributed by atoms with Gasteiger partial charge in [0.15, 0.2) is 0 Å². The maximum atomic E-state index is 12.1. The zero-order valence-corrected chi connectivity index (χ0v) is 13.3. The van der Waals surface area contributed by atoms with Crippen LogP contribution in [0.1, 0.15) is 50.4 Å². The Labute approximate surface area is 127 Å². The Kier molecular flexibility index (Phi) is 7.23. The predicted molar refractivity (Wildman–Crippen MR) is 84.7 cm³/mol.